The van der Waals surface area contributed by atoms with Crippen molar-refractivity contribution in [2.24, 2.45) is 0 Å². The van der Waals surface area contributed by atoms with Gasteiger partial charge in [0.15, 0.2) is 0 Å². The van der Waals surface area contributed by atoms with E-state index in [2.05, 4.69) is 31.4 Å². The lowest BCUT2D eigenvalue weighted by atomic mass is 10.0. The van der Waals surface area contributed by atoms with Gasteiger partial charge in [-0.3, -0.25) is 4.79 Å². The van der Waals surface area contributed by atoms with Gasteiger partial charge in [0.25, 0.3) is 5.91 Å². The highest BCUT2D eigenvalue weighted by Crippen LogP contribution is 2.16. The third-order valence-corrected chi connectivity index (χ3v) is 3.62. The Morgan fingerprint density at radius 1 is 1.05 bits per heavy atom. The number of para-hydroxylation sites is 1. The lowest BCUT2D eigenvalue weighted by Gasteiger charge is -2.19. The van der Waals surface area contributed by atoms with Crippen LogP contribution in [0.15, 0.2) is 24.3 Å². The molecule has 1 aromatic rings. The van der Waals surface area contributed by atoms with E-state index in [1.165, 1.54) is 12.8 Å². The first-order valence-corrected chi connectivity index (χ1v) is 8.36. The Bertz CT molecular complexity index is 417. The van der Waals surface area contributed by atoms with Crippen molar-refractivity contribution >= 4 is 11.6 Å². The molecule has 0 aliphatic rings. The van der Waals surface area contributed by atoms with E-state index in [-0.39, 0.29) is 5.91 Å². The number of anilines is 1. The van der Waals surface area contributed by atoms with Crippen molar-refractivity contribution in [2.75, 3.05) is 11.9 Å². The van der Waals surface area contributed by atoms with Crippen LogP contribution in [0.25, 0.3) is 0 Å². The SMILES string of the molecule is CCCCC(CCC)NC(=O)c1ccccc1NCCC. The molecule has 0 aliphatic heterocycles. The predicted molar refractivity (Wildman–Crippen MR) is 90.9 cm³/mol. The molecule has 0 radical (unpaired) electrons. The van der Waals surface area contributed by atoms with Gasteiger partial charge < -0.3 is 10.6 Å². The molecule has 1 atom stereocenters. The zero-order valence-electron chi connectivity index (χ0n) is 13.7. The molecule has 3 nitrogen and oxygen atoms in total. The summed E-state index contributed by atoms with van der Waals surface area (Å²) in [5.74, 6) is 0.0451. The molecular weight excluding hydrogens is 260 g/mol. The lowest BCUT2D eigenvalue weighted by molar-refractivity contribution is 0.0933. The maximum absolute atomic E-state index is 12.5. The molecule has 0 aliphatic carbocycles. The number of unbranched alkanes of at least 4 members (excludes halogenated alkanes) is 1. The smallest absolute Gasteiger partial charge is 0.253 e. The highest BCUT2D eigenvalue weighted by Gasteiger charge is 2.15. The molecule has 0 fully saturated rings. The predicted octanol–water partition coefficient (Wildman–Crippen LogP) is 4.60. The van der Waals surface area contributed by atoms with Crippen LogP contribution in [0.3, 0.4) is 0 Å². The molecule has 0 bridgehead atoms. The topological polar surface area (TPSA) is 41.1 Å². The van der Waals surface area contributed by atoms with Crippen LogP contribution < -0.4 is 10.6 Å². The molecule has 0 heterocycles. The fraction of sp³-hybridized carbons (Fsp3) is 0.611. The van der Waals surface area contributed by atoms with Gasteiger partial charge in [0.2, 0.25) is 0 Å². The molecule has 0 aromatic heterocycles. The summed E-state index contributed by atoms with van der Waals surface area (Å²) in [7, 11) is 0. The summed E-state index contributed by atoms with van der Waals surface area (Å²) in [4.78, 5) is 12.5. The summed E-state index contributed by atoms with van der Waals surface area (Å²) in [6, 6.07) is 8.06. The van der Waals surface area contributed by atoms with Gasteiger partial charge in [0.1, 0.15) is 0 Å². The summed E-state index contributed by atoms with van der Waals surface area (Å²) in [6.45, 7) is 7.37. The van der Waals surface area contributed by atoms with E-state index in [4.69, 9.17) is 0 Å². The fourth-order valence-electron chi connectivity index (χ4n) is 2.45. The average Bonchev–Trinajstić information content (AvgIpc) is 2.51. The Morgan fingerprint density at radius 2 is 1.81 bits per heavy atom. The Kier molecular flexibility index (Phi) is 8.56. The molecule has 21 heavy (non-hydrogen) atoms. The molecule has 1 unspecified atom stereocenters. The molecule has 1 amide bonds. The van der Waals surface area contributed by atoms with E-state index in [1.807, 2.05) is 24.3 Å². The Hall–Kier alpha value is -1.51. The summed E-state index contributed by atoms with van der Waals surface area (Å²) < 4.78 is 0. The average molecular weight is 290 g/mol. The Labute approximate surface area is 129 Å². The van der Waals surface area contributed by atoms with Crippen LogP contribution in [-0.4, -0.2) is 18.5 Å². The third kappa shape index (κ3) is 6.19. The number of rotatable bonds is 10. The first-order chi connectivity index (χ1) is 10.2. The second-order valence-electron chi connectivity index (χ2n) is 5.57. The third-order valence-electron chi connectivity index (χ3n) is 3.62. The number of carbonyl (C=O) groups is 1. The minimum absolute atomic E-state index is 0.0451. The normalized spacial score (nSPS) is 12.0. The Morgan fingerprint density at radius 3 is 2.48 bits per heavy atom. The van der Waals surface area contributed by atoms with Crippen molar-refractivity contribution in [2.45, 2.75) is 65.3 Å². The van der Waals surface area contributed by atoms with Crippen LogP contribution in [0.2, 0.25) is 0 Å². The fourth-order valence-corrected chi connectivity index (χ4v) is 2.45. The Balaban J connectivity index is 2.72. The maximum Gasteiger partial charge on any atom is 0.253 e. The van der Waals surface area contributed by atoms with Crippen LogP contribution in [0, 0.1) is 0 Å². The second-order valence-corrected chi connectivity index (χ2v) is 5.57. The van der Waals surface area contributed by atoms with Crippen LogP contribution in [0.5, 0.6) is 0 Å². The van der Waals surface area contributed by atoms with Gasteiger partial charge in [-0.2, -0.15) is 0 Å². The van der Waals surface area contributed by atoms with Gasteiger partial charge in [-0.25, -0.2) is 0 Å². The summed E-state index contributed by atoms with van der Waals surface area (Å²) >= 11 is 0. The first-order valence-electron chi connectivity index (χ1n) is 8.36. The highest BCUT2D eigenvalue weighted by molar-refractivity contribution is 5.99. The van der Waals surface area contributed by atoms with Crippen molar-refractivity contribution in [3.63, 3.8) is 0 Å². The van der Waals surface area contributed by atoms with Crippen LogP contribution in [0.1, 0.15) is 69.7 Å². The second kappa shape index (κ2) is 10.3. The number of amides is 1. The number of hydrogen-bond acceptors (Lipinski definition) is 2. The minimum Gasteiger partial charge on any atom is -0.384 e. The van der Waals surface area contributed by atoms with Gasteiger partial charge in [-0.15, -0.1) is 0 Å². The number of carbonyl (C=O) groups excluding carboxylic acids is 1. The standard InChI is InChI=1S/C18H30N2O/c1-4-7-11-15(10-5-2)20-18(21)16-12-8-9-13-17(16)19-14-6-3/h8-9,12-13,15,19H,4-7,10-11,14H2,1-3H3,(H,20,21). The van der Waals surface area contributed by atoms with E-state index in [1.54, 1.807) is 0 Å². The van der Waals surface area contributed by atoms with Crippen molar-refractivity contribution in [3.8, 4) is 0 Å². The van der Waals surface area contributed by atoms with E-state index >= 15 is 0 Å². The molecule has 1 rings (SSSR count). The summed E-state index contributed by atoms with van der Waals surface area (Å²) in [5.41, 5.74) is 1.69. The zero-order chi connectivity index (χ0) is 15.5. The van der Waals surface area contributed by atoms with Gasteiger partial charge in [0, 0.05) is 18.3 Å². The van der Waals surface area contributed by atoms with Crippen molar-refractivity contribution < 1.29 is 4.79 Å². The van der Waals surface area contributed by atoms with Crippen LogP contribution in [0.4, 0.5) is 5.69 Å². The highest BCUT2D eigenvalue weighted by atomic mass is 16.1. The van der Waals surface area contributed by atoms with Crippen LogP contribution >= 0.6 is 0 Å². The largest absolute Gasteiger partial charge is 0.384 e. The van der Waals surface area contributed by atoms with Crippen molar-refractivity contribution in [3.05, 3.63) is 29.8 Å². The summed E-state index contributed by atoms with van der Waals surface area (Å²) in [5, 5.41) is 6.54. The summed E-state index contributed by atoms with van der Waals surface area (Å²) in [6.07, 6.45) is 6.61. The van der Waals surface area contributed by atoms with Crippen LogP contribution in [-0.2, 0) is 0 Å². The minimum atomic E-state index is 0.0451. The lowest BCUT2D eigenvalue weighted by Crippen LogP contribution is -2.35. The molecule has 0 saturated carbocycles. The van der Waals surface area contributed by atoms with Crippen molar-refractivity contribution in [1.82, 2.24) is 5.32 Å². The maximum atomic E-state index is 12.5. The molecule has 0 saturated heterocycles. The monoisotopic (exact) mass is 290 g/mol. The number of nitrogens with one attached hydrogen (secondary N) is 2. The molecule has 3 heteroatoms. The van der Waals surface area contributed by atoms with Gasteiger partial charge in [-0.1, -0.05) is 52.2 Å². The molecule has 2 N–H and O–H groups in total. The van der Waals surface area contributed by atoms with Gasteiger partial charge >= 0.3 is 0 Å². The van der Waals surface area contributed by atoms with E-state index < -0.39 is 0 Å². The van der Waals surface area contributed by atoms with Gasteiger partial charge in [0.05, 0.1) is 5.56 Å². The van der Waals surface area contributed by atoms with Gasteiger partial charge in [-0.05, 0) is 31.4 Å². The number of benzene rings is 1. The van der Waals surface area contributed by atoms with Crippen molar-refractivity contribution in [1.29, 1.82) is 0 Å². The quantitative estimate of drug-likeness (QED) is 0.661. The van der Waals surface area contributed by atoms with E-state index in [0.717, 1.165) is 43.5 Å². The van der Waals surface area contributed by atoms with E-state index in [0.29, 0.717) is 6.04 Å². The number of hydrogen-bond donors (Lipinski definition) is 2. The molecule has 118 valence electrons. The molecule has 1 aromatic carbocycles. The molecular formula is C18H30N2O. The molecule has 0 spiro atoms. The zero-order valence-corrected chi connectivity index (χ0v) is 13.7. The van der Waals surface area contributed by atoms with E-state index in [9.17, 15) is 4.79 Å². The first kappa shape index (κ1) is 17.5.